The maximum Gasteiger partial charge on any atom is 0.192 e. The Morgan fingerprint density at radius 3 is 2.15 bits per heavy atom. The second-order valence-electron chi connectivity index (χ2n) is 22.8. The maximum atomic E-state index is 14.7. The lowest BCUT2D eigenvalue weighted by atomic mass is 9.62. The van der Waals surface area contributed by atoms with Crippen molar-refractivity contribution < 1.29 is 26.7 Å². The third-order valence-electron chi connectivity index (χ3n) is 16.1. The van der Waals surface area contributed by atoms with E-state index >= 15 is 0 Å². The number of hydrogen-bond donors (Lipinski definition) is 0. The minimum Gasteiger partial charge on any atom is -0.413 e. The molecule has 0 radical (unpaired) electrons. The van der Waals surface area contributed by atoms with E-state index in [1.807, 2.05) is 18.2 Å². The minimum atomic E-state index is -3.60. The topological polar surface area (TPSA) is 71.1 Å². The highest BCUT2D eigenvalue weighted by Gasteiger charge is 2.53. The van der Waals surface area contributed by atoms with Gasteiger partial charge in [-0.05, 0) is 173 Å². The van der Waals surface area contributed by atoms with E-state index in [-0.39, 0.29) is 39.9 Å². The second kappa shape index (κ2) is 18.4. The Balaban J connectivity index is 1.40. The first-order valence-corrected chi connectivity index (χ1v) is 30.6. The Morgan fingerprint density at radius 1 is 0.898 bits per heavy atom. The molecule has 59 heavy (non-hydrogen) atoms. The Labute approximate surface area is 363 Å². The molecule has 1 aromatic carbocycles. The molecule has 0 N–H and O–H groups in total. The van der Waals surface area contributed by atoms with Crippen LogP contribution in [0.25, 0.3) is 0 Å². The Kier molecular flexibility index (Phi) is 15.2. The van der Waals surface area contributed by atoms with Crippen molar-refractivity contribution in [3.8, 4) is 0 Å². The molecule has 2 unspecified atom stereocenters. The fourth-order valence-corrected chi connectivity index (χ4v) is 15.0. The van der Waals surface area contributed by atoms with E-state index in [2.05, 4.69) is 121 Å². The van der Waals surface area contributed by atoms with Crippen LogP contribution in [-0.2, 0) is 28.2 Å². The number of sulfone groups is 1. The molecular weight excluding hydrogens is 785 g/mol. The Morgan fingerprint density at radius 2 is 1.54 bits per heavy atom. The van der Waals surface area contributed by atoms with Gasteiger partial charge in [0.1, 0.15) is 0 Å². The highest BCUT2D eigenvalue weighted by molar-refractivity contribution is 7.92. The van der Waals surface area contributed by atoms with E-state index in [1.165, 1.54) is 16.7 Å². The molecule has 334 valence electrons. The average molecular weight is 869 g/mol. The van der Waals surface area contributed by atoms with Gasteiger partial charge in [-0.2, -0.15) is 0 Å². The molecular formula is C50H84O6SSi2. The van der Waals surface area contributed by atoms with Gasteiger partial charge in [-0.25, -0.2) is 8.42 Å². The molecule has 6 nitrogen and oxygen atoms in total. The van der Waals surface area contributed by atoms with E-state index in [4.69, 9.17) is 18.3 Å². The van der Waals surface area contributed by atoms with Crippen LogP contribution in [0.4, 0.5) is 0 Å². The largest absolute Gasteiger partial charge is 0.413 e. The molecule has 5 rings (SSSR count). The molecule has 9 heteroatoms. The first kappa shape index (κ1) is 48.7. The molecule has 3 aliphatic carbocycles. The van der Waals surface area contributed by atoms with Crippen LogP contribution in [0.5, 0.6) is 0 Å². The summed E-state index contributed by atoms with van der Waals surface area (Å²) in [6, 6.07) is 9.17. The van der Waals surface area contributed by atoms with Crippen molar-refractivity contribution in [1.82, 2.24) is 0 Å². The average Bonchev–Trinajstić information content (AvgIpc) is 3.49. The molecule has 0 bridgehead atoms. The van der Waals surface area contributed by atoms with Gasteiger partial charge in [0.25, 0.3) is 0 Å². The normalized spacial score (nSPS) is 29.1. The lowest BCUT2D eigenvalue weighted by Crippen LogP contribution is -2.49. The van der Waals surface area contributed by atoms with Gasteiger partial charge in [0.05, 0.1) is 28.0 Å². The van der Waals surface area contributed by atoms with Gasteiger partial charge in [-0.15, -0.1) is 0 Å². The van der Waals surface area contributed by atoms with Crippen molar-refractivity contribution in [3.05, 3.63) is 65.3 Å². The highest BCUT2D eigenvalue weighted by atomic mass is 32.2. The van der Waals surface area contributed by atoms with E-state index in [0.717, 1.165) is 64.4 Å². The molecule has 2 fully saturated rings. The number of hydrogen-bond acceptors (Lipinski definition) is 6. The van der Waals surface area contributed by atoms with E-state index in [1.54, 1.807) is 12.1 Å². The third-order valence-corrected chi connectivity index (χ3v) is 27.5. The van der Waals surface area contributed by atoms with Crippen LogP contribution in [0.15, 0.2) is 70.2 Å². The summed E-state index contributed by atoms with van der Waals surface area (Å²) in [5.74, 6) is 0.676. The third kappa shape index (κ3) is 11.3. The smallest absolute Gasteiger partial charge is 0.192 e. The number of allylic oxidation sites excluding steroid dienone is 4. The Bertz CT molecular complexity index is 1780. The summed E-state index contributed by atoms with van der Waals surface area (Å²) < 4.78 is 56.2. The quantitative estimate of drug-likeness (QED) is 0.164. The van der Waals surface area contributed by atoms with Crippen LogP contribution in [-0.4, -0.2) is 61.0 Å². The number of fused-ring (bicyclic) bond motifs is 1. The van der Waals surface area contributed by atoms with Gasteiger partial charge in [-0.1, -0.05) is 91.8 Å². The molecule has 1 heterocycles. The highest BCUT2D eigenvalue weighted by Crippen LogP contribution is 2.59. The summed E-state index contributed by atoms with van der Waals surface area (Å²) in [6.07, 6.45) is 17.6. The van der Waals surface area contributed by atoms with Crippen molar-refractivity contribution in [2.45, 2.75) is 217 Å². The predicted octanol–water partition coefficient (Wildman–Crippen LogP) is 13.8. The van der Waals surface area contributed by atoms with Crippen LogP contribution >= 0.6 is 0 Å². The van der Waals surface area contributed by atoms with Crippen LogP contribution in [0.2, 0.25) is 36.3 Å². The van der Waals surface area contributed by atoms with E-state index in [9.17, 15) is 8.42 Å². The fraction of sp³-hybridized carbons (Fsp3) is 0.760. The monoisotopic (exact) mass is 869 g/mol. The molecule has 0 spiro atoms. The molecule has 0 amide bonds. The summed E-state index contributed by atoms with van der Waals surface area (Å²) in [5, 5.41) is -0.246. The van der Waals surface area contributed by atoms with Gasteiger partial charge >= 0.3 is 0 Å². The van der Waals surface area contributed by atoms with Gasteiger partial charge < -0.3 is 18.3 Å². The van der Waals surface area contributed by atoms with Gasteiger partial charge in [0.2, 0.25) is 0 Å². The molecule has 1 saturated heterocycles. The number of ether oxygens (including phenoxy) is 2. The molecule has 1 aliphatic heterocycles. The first-order chi connectivity index (χ1) is 27.2. The van der Waals surface area contributed by atoms with Crippen molar-refractivity contribution in [2.75, 3.05) is 6.61 Å². The SMILES string of the molecule is CC1=C(C=CC2=CCC[C@]3(C)[C@@H]([C@H](C)C(CCC(C)(C)OC4CCCCO4)S(=O)(=O)c4ccccc4)CC[C@@H]23)C[C@@H](O[Si](C)(C)C(C)(C)C)C[C@@H]1O[Si](C)(C)C(C)(C)C. The lowest BCUT2D eigenvalue weighted by molar-refractivity contribution is -0.217. The zero-order valence-electron chi connectivity index (χ0n) is 40.0. The predicted molar refractivity (Wildman–Crippen MR) is 251 cm³/mol. The zero-order chi connectivity index (χ0) is 43.8. The van der Waals surface area contributed by atoms with Crippen molar-refractivity contribution in [2.24, 2.45) is 23.2 Å². The van der Waals surface area contributed by atoms with Gasteiger partial charge in [-0.3, -0.25) is 0 Å². The lowest BCUT2D eigenvalue weighted by Gasteiger charge is -2.45. The summed E-state index contributed by atoms with van der Waals surface area (Å²) >= 11 is 0. The Hall–Kier alpha value is -1.34. The van der Waals surface area contributed by atoms with Crippen molar-refractivity contribution in [3.63, 3.8) is 0 Å². The van der Waals surface area contributed by atoms with Crippen LogP contribution in [0, 0.1) is 23.2 Å². The molecule has 8 atom stereocenters. The summed E-state index contributed by atoms with van der Waals surface area (Å²) in [7, 11) is -7.63. The molecule has 4 aliphatic rings. The maximum absolute atomic E-state index is 14.7. The molecule has 1 aromatic rings. The van der Waals surface area contributed by atoms with Gasteiger partial charge in [0.15, 0.2) is 32.8 Å². The minimum absolute atomic E-state index is 0.00921. The van der Waals surface area contributed by atoms with Crippen LogP contribution < -0.4 is 0 Å². The van der Waals surface area contributed by atoms with Crippen LogP contribution in [0.3, 0.4) is 0 Å². The fourth-order valence-electron chi connectivity index (χ4n) is 10.2. The first-order valence-electron chi connectivity index (χ1n) is 23.2. The van der Waals surface area contributed by atoms with E-state index < -0.39 is 37.3 Å². The van der Waals surface area contributed by atoms with Crippen molar-refractivity contribution >= 4 is 26.5 Å². The summed E-state index contributed by atoms with van der Waals surface area (Å²) in [5.41, 5.74) is 3.66. The molecule has 0 aromatic heterocycles. The van der Waals surface area contributed by atoms with Crippen LogP contribution in [0.1, 0.15) is 147 Å². The standard InChI is InChI=1S/C50H84O6SSi2/c1-36-39(34-40(55-58(12,13)47(3,4)5)35-44(36)56-59(14,15)48(6,7)8)27-26-38-22-21-31-50(11)42(28-29-43(38)50)37(2)45(57(51,52)41-23-17-16-18-24-41)30-32-49(9,10)54-46-25-19-20-33-53-46/h16-18,22-24,26-27,37,40,42-46H,19-21,25,28-35H2,1-15H3/t37-,40+,42+,43-,44-,45?,46?,50+/m0/s1. The second-order valence-corrected chi connectivity index (χ2v) is 34.5. The van der Waals surface area contributed by atoms with Crippen molar-refractivity contribution in [1.29, 1.82) is 0 Å². The number of rotatable bonds is 15. The summed E-state index contributed by atoms with van der Waals surface area (Å²) in [4.78, 5) is 0.431. The zero-order valence-corrected chi connectivity index (χ0v) is 42.8. The van der Waals surface area contributed by atoms with Gasteiger partial charge in [0, 0.05) is 13.0 Å². The summed E-state index contributed by atoms with van der Waals surface area (Å²) in [6.45, 7) is 35.4. The molecule has 1 saturated carbocycles. The number of benzene rings is 1. The van der Waals surface area contributed by atoms with E-state index in [0.29, 0.717) is 29.6 Å².